The lowest BCUT2D eigenvalue weighted by molar-refractivity contribution is -0.116. The largest absolute Gasteiger partial charge is 0.325 e. The molecule has 0 aliphatic carbocycles. The Hall–Kier alpha value is -1.75. The summed E-state index contributed by atoms with van der Waals surface area (Å²) in [5.41, 5.74) is 6.59. The standard InChI is InChI=1S/C10H10FN3O/c11-7-1-3-9(4-2-7)14-10(15)5-8(6-12)13-14/h1-4H,5-6,12H2. The van der Waals surface area contributed by atoms with Crippen LogP contribution in [0.3, 0.4) is 0 Å². The minimum Gasteiger partial charge on any atom is -0.325 e. The molecule has 5 heteroatoms. The molecule has 0 fully saturated rings. The van der Waals surface area contributed by atoms with Crippen LogP contribution in [0, 0.1) is 5.82 Å². The van der Waals surface area contributed by atoms with Gasteiger partial charge in [0.1, 0.15) is 5.82 Å². The van der Waals surface area contributed by atoms with E-state index in [9.17, 15) is 9.18 Å². The number of halogens is 1. The Morgan fingerprint density at radius 2 is 2.07 bits per heavy atom. The fourth-order valence-electron chi connectivity index (χ4n) is 1.38. The molecule has 78 valence electrons. The van der Waals surface area contributed by atoms with Crippen molar-refractivity contribution >= 4 is 17.3 Å². The first-order valence-corrected chi connectivity index (χ1v) is 4.55. The van der Waals surface area contributed by atoms with Crippen LogP contribution >= 0.6 is 0 Å². The second-order valence-electron chi connectivity index (χ2n) is 3.23. The maximum atomic E-state index is 12.7. The summed E-state index contributed by atoms with van der Waals surface area (Å²) in [6.45, 7) is 0.267. The highest BCUT2D eigenvalue weighted by Gasteiger charge is 2.23. The molecule has 0 saturated carbocycles. The van der Waals surface area contributed by atoms with E-state index < -0.39 is 0 Å². The van der Waals surface area contributed by atoms with Crippen LogP contribution in [0.15, 0.2) is 29.4 Å². The molecule has 1 aliphatic rings. The monoisotopic (exact) mass is 207 g/mol. The maximum absolute atomic E-state index is 12.7. The first-order chi connectivity index (χ1) is 7.20. The fraction of sp³-hybridized carbons (Fsp3) is 0.200. The lowest BCUT2D eigenvalue weighted by Crippen LogP contribution is -2.19. The Morgan fingerprint density at radius 1 is 1.40 bits per heavy atom. The van der Waals surface area contributed by atoms with E-state index in [1.165, 1.54) is 29.3 Å². The molecule has 1 aliphatic heterocycles. The molecule has 2 N–H and O–H groups in total. The molecule has 0 saturated heterocycles. The van der Waals surface area contributed by atoms with Crippen molar-refractivity contribution < 1.29 is 9.18 Å². The van der Waals surface area contributed by atoms with E-state index in [0.717, 1.165) is 0 Å². The van der Waals surface area contributed by atoms with Crippen LogP contribution in [0.1, 0.15) is 6.42 Å². The highest BCUT2D eigenvalue weighted by molar-refractivity contribution is 6.13. The summed E-state index contributed by atoms with van der Waals surface area (Å²) in [4.78, 5) is 11.5. The van der Waals surface area contributed by atoms with Crippen molar-refractivity contribution in [2.45, 2.75) is 6.42 Å². The van der Waals surface area contributed by atoms with Gasteiger partial charge in [0.05, 0.1) is 17.8 Å². The lowest BCUT2D eigenvalue weighted by Gasteiger charge is -2.10. The summed E-state index contributed by atoms with van der Waals surface area (Å²) in [6, 6.07) is 5.60. The summed E-state index contributed by atoms with van der Waals surface area (Å²) in [7, 11) is 0. The summed E-state index contributed by atoms with van der Waals surface area (Å²) in [5.74, 6) is -0.476. The zero-order chi connectivity index (χ0) is 10.8. The molecule has 0 unspecified atom stereocenters. The zero-order valence-corrected chi connectivity index (χ0v) is 7.98. The van der Waals surface area contributed by atoms with Crippen LogP contribution in [0.2, 0.25) is 0 Å². The zero-order valence-electron chi connectivity index (χ0n) is 7.98. The Balaban J connectivity index is 2.28. The van der Waals surface area contributed by atoms with Crippen LogP contribution in [-0.2, 0) is 4.79 Å². The number of hydrogen-bond donors (Lipinski definition) is 1. The molecule has 0 radical (unpaired) electrons. The van der Waals surface area contributed by atoms with Crippen molar-refractivity contribution in [1.82, 2.24) is 0 Å². The number of nitrogens with zero attached hydrogens (tertiary/aromatic N) is 2. The van der Waals surface area contributed by atoms with Gasteiger partial charge < -0.3 is 5.73 Å². The van der Waals surface area contributed by atoms with E-state index in [4.69, 9.17) is 5.73 Å². The van der Waals surface area contributed by atoms with Crippen molar-refractivity contribution in [3.63, 3.8) is 0 Å². The first-order valence-electron chi connectivity index (χ1n) is 4.55. The number of hydrogen-bond acceptors (Lipinski definition) is 3. The van der Waals surface area contributed by atoms with E-state index in [2.05, 4.69) is 5.10 Å². The van der Waals surface area contributed by atoms with Gasteiger partial charge in [-0.25, -0.2) is 9.40 Å². The van der Waals surface area contributed by atoms with Gasteiger partial charge in [-0.3, -0.25) is 4.79 Å². The molecule has 1 aromatic carbocycles. The van der Waals surface area contributed by atoms with Crippen LogP contribution in [0.25, 0.3) is 0 Å². The van der Waals surface area contributed by atoms with Gasteiger partial charge in [-0.15, -0.1) is 0 Å². The minimum atomic E-state index is -0.339. The van der Waals surface area contributed by atoms with Crippen molar-refractivity contribution in [1.29, 1.82) is 0 Å². The quantitative estimate of drug-likeness (QED) is 0.782. The molecule has 0 bridgehead atoms. The predicted molar refractivity (Wildman–Crippen MR) is 55.0 cm³/mol. The molecule has 15 heavy (non-hydrogen) atoms. The molecule has 0 atom stereocenters. The molecule has 0 spiro atoms. The number of nitrogens with two attached hydrogens (primary N) is 1. The van der Waals surface area contributed by atoms with Gasteiger partial charge >= 0.3 is 0 Å². The smallest absolute Gasteiger partial charge is 0.253 e. The third kappa shape index (κ3) is 1.87. The van der Waals surface area contributed by atoms with Crippen LogP contribution in [0.4, 0.5) is 10.1 Å². The van der Waals surface area contributed by atoms with Crippen LogP contribution < -0.4 is 10.7 Å². The first kappa shape index (κ1) is 9.79. The molecule has 4 nitrogen and oxygen atoms in total. The second kappa shape index (κ2) is 3.78. The van der Waals surface area contributed by atoms with Gasteiger partial charge in [0.25, 0.3) is 5.91 Å². The summed E-state index contributed by atoms with van der Waals surface area (Å²) < 4.78 is 12.7. The molecule has 1 heterocycles. The number of hydrazone groups is 1. The average Bonchev–Trinajstić information content (AvgIpc) is 2.61. The Labute approximate surface area is 86.2 Å². The topological polar surface area (TPSA) is 58.7 Å². The highest BCUT2D eigenvalue weighted by atomic mass is 19.1. The SMILES string of the molecule is NCC1=NN(c2ccc(F)cc2)C(=O)C1. The van der Waals surface area contributed by atoms with Gasteiger partial charge in [-0.05, 0) is 24.3 Å². The van der Waals surface area contributed by atoms with Gasteiger partial charge in [-0.2, -0.15) is 5.10 Å². The Kier molecular flexibility index (Phi) is 2.47. The van der Waals surface area contributed by atoms with Crippen molar-refractivity contribution in [2.24, 2.45) is 10.8 Å². The second-order valence-corrected chi connectivity index (χ2v) is 3.23. The van der Waals surface area contributed by atoms with Crippen molar-refractivity contribution in [3.05, 3.63) is 30.1 Å². The van der Waals surface area contributed by atoms with Crippen LogP contribution in [-0.4, -0.2) is 18.2 Å². The van der Waals surface area contributed by atoms with E-state index >= 15 is 0 Å². The van der Waals surface area contributed by atoms with Gasteiger partial charge in [0.2, 0.25) is 0 Å². The van der Waals surface area contributed by atoms with E-state index in [0.29, 0.717) is 11.4 Å². The van der Waals surface area contributed by atoms with Gasteiger partial charge in [-0.1, -0.05) is 0 Å². The van der Waals surface area contributed by atoms with E-state index in [1.54, 1.807) is 0 Å². The highest BCUT2D eigenvalue weighted by Crippen LogP contribution is 2.20. The number of benzene rings is 1. The summed E-state index contributed by atoms with van der Waals surface area (Å²) >= 11 is 0. The van der Waals surface area contributed by atoms with E-state index in [-0.39, 0.29) is 24.7 Å². The van der Waals surface area contributed by atoms with Crippen molar-refractivity contribution in [2.75, 3.05) is 11.6 Å². The fourth-order valence-corrected chi connectivity index (χ4v) is 1.38. The van der Waals surface area contributed by atoms with Crippen molar-refractivity contribution in [3.8, 4) is 0 Å². The molecule has 2 rings (SSSR count). The van der Waals surface area contributed by atoms with Crippen LogP contribution in [0.5, 0.6) is 0 Å². The summed E-state index contributed by atoms with van der Waals surface area (Å²) in [5, 5.41) is 5.29. The lowest BCUT2D eigenvalue weighted by atomic mass is 10.2. The maximum Gasteiger partial charge on any atom is 0.253 e. The summed E-state index contributed by atoms with van der Waals surface area (Å²) in [6.07, 6.45) is 0.244. The molecule has 1 aromatic rings. The number of anilines is 1. The molecular weight excluding hydrogens is 197 g/mol. The Morgan fingerprint density at radius 3 is 2.60 bits per heavy atom. The van der Waals surface area contributed by atoms with Gasteiger partial charge in [0, 0.05) is 6.54 Å². The van der Waals surface area contributed by atoms with Gasteiger partial charge in [0.15, 0.2) is 0 Å². The third-order valence-electron chi connectivity index (χ3n) is 2.14. The molecular formula is C10H10FN3O. The molecule has 0 aromatic heterocycles. The number of rotatable bonds is 2. The average molecular weight is 207 g/mol. The number of carbonyl (C=O) groups is 1. The molecule has 1 amide bonds. The number of amides is 1. The normalized spacial score (nSPS) is 15.7. The predicted octanol–water partition coefficient (Wildman–Crippen LogP) is 0.877. The Bertz CT molecular complexity index is 413. The third-order valence-corrected chi connectivity index (χ3v) is 2.14. The van der Waals surface area contributed by atoms with E-state index in [1.807, 2.05) is 0 Å². The number of carbonyl (C=O) groups excluding carboxylic acids is 1. The minimum absolute atomic E-state index is 0.137.